The van der Waals surface area contributed by atoms with Crippen LogP contribution in [-0.2, 0) is 15.1 Å². The van der Waals surface area contributed by atoms with E-state index in [2.05, 4.69) is 5.32 Å². The molecule has 4 amide bonds. The molecule has 1 aromatic heterocycles. The van der Waals surface area contributed by atoms with Crippen LogP contribution in [0.1, 0.15) is 25.6 Å². The number of imide groups is 1. The van der Waals surface area contributed by atoms with E-state index in [0.29, 0.717) is 13.1 Å². The molecule has 1 saturated heterocycles. The first-order chi connectivity index (χ1) is 9.93. The van der Waals surface area contributed by atoms with Gasteiger partial charge in [0.25, 0.3) is 5.91 Å². The van der Waals surface area contributed by atoms with Crippen molar-refractivity contribution in [2.75, 3.05) is 19.6 Å². The topological polar surface area (TPSA) is 69.7 Å². The van der Waals surface area contributed by atoms with Crippen LogP contribution in [0.25, 0.3) is 0 Å². The van der Waals surface area contributed by atoms with E-state index in [0.717, 1.165) is 9.78 Å². The Balaban J connectivity index is 2.18. The zero-order valence-corrected chi connectivity index (χ0v) is 13.2. The van der Waals surface area contributed by atoms with Crippen LogP contribution < -0.4 is 5.32 Å². The number of hydrogen-bond acceptors (Lipinski definition) is 4. The standard InChI is InChI=1S/C14H19N3O3S/c1-4-16(5-2)11(18)9-17-12(19)14(3,15-13(17)20)10-7-6-8-21-10/h6-8H,4-5,9H2,1-3H3,(H,15,20)/t14-/m0/s1. The highest BCUT2D eigenvalue weighted by Gasteiger charge is 2.50. The molecule has 1 N–H and O–H groups in total. The SMILES string of the molecule is CCN(CC)C(=O)CN1C(=O)N[C@@](C)(c2cccs2)C1=O. The monoisotopic (exact) mass is 309 g/mol. The van der Waals surface area contributed by atoms with E-state index >= 15 is 0 Å². The highest BCUT2D eigenvalue weighted by molar-refractivity contribution is 7.10. The molecule has 7 heteroatoms. The Hall–Kier alpha value is -1.89. The molecular weight excluding hydrogens is 290 g/mol. The van der Waals surface area contributed by atoms with Crippen LogP contribution in [-0.4, -0.2) is 47.3 Å². The molecule has 0 aromatic carbocycles. The minimum absolute atomic E-state index is 0.215. The molecule has 1 aliphatic rings. The Kier molecular flexibility index (Phi) is 4.32. The summed E-state index contributed by atoms with van der Waals surface area (Å²) in [5.74, 6) is -0.602. The Bertz CT molecular complexity index is 554. The fourth-order valence-electron chi connectivity index (χ4n) is 2.38. The van der Waals surface area contributed by atoms with Crippen molar-refractivity contribution in [1.29, 1.82) is 0 Å². The van der Waals surface area contributed by atoms with Gasteiger partial charge in [-0.2, -0.15) is 0 Å². The largest absolute Gasteiger partial charge is 0.342 e. The van der Waals surface area contributed by atoms with Crippen LogP contribution in [0.15, 0.2) is 17.5 Å². The van der Waals surface area contributed by atoms with Gasteiger partial charge in [-0.3, -0.25) is 14.5 Å². The number of hydrogen-bond donors (Lipinski definition) is 1. The van der Waals surface area contributed by atoms with Crippen LogP contribution >= 0.6 is 11.3 Å². The third-order valence-electron chi connectivity index (χ3n) is 3.70. The number of carbonyl (C=O) groups excluding carboxylic acids is 3. The van der Waals surface area contributed by atoms with E-state index in [1.807, 2.05) is 25.3 Å². The van der Waals surface area contributed by atoms with Crippen molar-refractivity contribution in [3.8, 4) is 0 Å². The average Bonchev–Trinajstić information content (AvgIpc) is 3.05. The first-order valence-corrected chi connectivity index (χ1v) is 7.77. The van der Waals surface area contributed by atoms with E-state index < -0.39 is 11.6 Å². The zero-order valence-electron chi connectivity index (χ0n) is 12.4. The maximum absolute atomic E-state index is 12.5. The third-order valence-corrected chi connectivity index (χ3v) is 4.79. The fourth-order valence-corrected chi connectivity index (χ4v) is 3.22. The number of thiophene rings is 1. The molecule has 21 heavy (non-hydrogen) atoms. The van der Waals surface area contributed by atoms with Crippen molar-refractivity contribution in [3.05, 3.63) is 22.4 Å². The molecular formula is C14H19N3O3S. The average molecular weight is 309 g/mol. The maximum atomic E-state index is 12.5. The predicted octanol–water partition coefficient (Wildman–Crippen LogP) is 1.38. The van der Waals surface area contributed by atoms with Gasteiger partial charge in [-0.25, -0.2) is 4.79 Å². The zero-order chi connectivity index (χ0) is 15.6. The Morgan fingerprint density at radius 1 is 1.38 bits per heavy atom. The quantitative estimate of drug-likeness (QED) is 0.836. The summed E-state index contributed by atoms with van der Waals surface area (Å²) in [5.41, 5.74) is -1.07. The summed E-state index contributed by atoms with van der Waals surface area (Å²) in [6, 6.07) is 3.11. The summed E-state index contributed by atoms with van der Waals surface area (Å²) in [7, 11) is 0. The van der Waals surface area contributed by atoms with Gasteiger partial charge in [0, 0.05) is 18.0 Å². The second kappa shape index (κ2) is 5.85. The number of carbonyl (C=O) groups is 3. The highest BCUT2D eigenvalue weighted by Crippen LogP contribution is 2.31. The van der Waals surface area contributed by atoms with Crippen molar-refractivity contribution >= 4 is 29.2 Å². The minimum atomic E-state index is -1.07. The Morgan fingerprint density at radius 3 is 2.57 bits per heavy atom. The predicted molar refractivity (Wildman–Crippen MR) is 79.8 cm³/mol. The first-order valence-electron chi connectivity index (χ1n) is 6.89. The van der Waals surface area contributed by atoms with Crippen LogP contribution in [0.5, 0.6) is 0 Å². The number of likely N-dealkylation sites (N-methyl/N-ethyl adjacent to an activating group) is 1. The van der Waals surface area contributed by atoms with E-state index in [9.17, 15) is 14.4 Å². The van der Waals surface area contributed by atoms with Crippen molar-refractivity contribution in [2.24, 2.45) is 0 Å². The molecule has 1 aromatic rings. The lowest BCUT2D eigenvalue weighted by Crippen LogP contribution is -2.44. The molecule has 0 radical (unpaired) electrons. The van der Waals surface area contributed by atoms with Gasteiger partial charge in [0.05, 0.1) is 0 Å². The van der Waals surface area contributed by atoms with E-state index in [4.69, 9.17) is 0 Å². The molecule has 1 aliphatic heterocycles. The maximum Gasteiger partial charge on any atom is 0.325 e. The third kappa shape index (κ3) is 2.65. The van der Waals surface area contributed by atoms with Crippen LogP contribution in [0.4, 0.5) is 4.79 Å². The van der Waals surface area contributed by atoms with Gasteiger partial charge in [-0.1, -0.05) is 6.07 Å². The Labute approximate surface area is 127 Å². The fraction of sp³-hybridized carbons (Fsp3) is 0.500. The molecule has 0 unspecified atom stereocenters. The minimum Gasteiger partial charge on any atom is -0.342 e. The van der Waals surface area contributed by atoms with E-state index in [1.165, 1.54) is 11.3 Å². The number of urea groups is 1. The summed E-state index contributed by atoms with van der Waals surface area (Å²) >= 11 is 1.40. The molecule has 1 atom stereocenters. The molecule has 0 bridgehead atoms. The number of amides is 4. The molecule has 1 fully saturated rings. The molecule has 2 rings (SSSR count). The first kappa shape index (κ1) is 15.5. The smallest absolute Gasteiger partial charge is 0.325 e. The number of nitrogens with one attached hydrogen (secondary N) is 1. The van der Waals surface area contributed by atoms with Gasteiger partial charge in [0.15, 0.2) is 5.54 Å². The summed E-state index contributed by atoms with van der Waals surface area (Å²) in [6.45, 7) is 6.29. The van der Waals surface area contributed by atoms with E-state index in [-0.39, 0.29) is 18.4 Å². The number of rotatable bonds is 5. The van der Waals surface area contributed by atoms with Gasteiger partial charge in [-0.05, 0) is 32.2 Å². The summed E-state index contributed by atoms with van der Waals surface area (Å²) in [6.07, 6.45) is 0. The van der Waals surface area contributed by atoms with E-state index in [1.54, 1.807) is 17.9 Å². The lowest BCUT2D eigenvalue weighted by atomic mass is 10.0. The summed E-state index contributed by atoms with van der Waals surface area (Å²) in [5, 5.41) is 4.54. The van der Waals surface area contributed by atoms with Crippen molar-refractivity contribution in [2.45, 2.75) is 26.3 Å². The van der Waals surface area contributed by atoms with Crippen LogP contribution in [0, 0.1) is 0 Å². The van der Waals surface area contributed by atoms with Gasteiger partial charge < -0.3 is 10.2 Å². The molecule has 6 nitrogen and oxygen atoms in total. The van der Waals surface area contributed by atoms with Gasteiger partial charge in [0.1, 0.15) is 6.54 Å². The lowest BCUT2D eigenvalue weighted by molar-refractivity contribution is -0.138. The van der Waals surface area contributed by atoms with Crippen molar-refractivity contribution < 1.29 is 14.4 Å². The summed E-state index contributed by atoms with van der Waals surface area (Å²) in [4.78, 5) is 40.1. The summed E-state index contributed by atoms with van der Waals surface area (Å²) < 4.78 is 0. The molecule has 0 aliphatic carbocycles. The van der Waals surface area contributed by atoms with Gasteiger partial charge in [-0.15, -0.1) is 11.3 Å². The molecule has 0 saturated carbocycles. The van der Waals surface area contributed by atoms with Gasteiger partial charge >= 0.3 is 6.03 Å². The molecule has 0 spiro atoms. The molecule has 2 heterocycles. The Morgan fingerprint density at radius 2 is 2.05 bits per heavy atom. The highest BCUT2D eigenvalue weighted by atomic mass is 32.1. The van der Waals surface area contributed by atoms with Crippen LogP contribution in [0.3, 0.4) is 0 Å². The van der Waals surface area contributed by atoms with Crippen molar-refractivity contribution in [3.63, 3.8) is 0 Å². The van der Waals surface area contributed by atoms with Crippen molar-refractivity contribution in [1.82, 2.24) is 15.1 Å². The normalized spacial score (nSPS) is 21.6. The number of nitrogens with zero attached hydrogens (tertiary/aromatic N) is 2. The second-order valence-corrected chi connectivity index (χ2v) is 5.94. The van der Waals surface area contributed by atoms with Gasteiger partial charge in [0.2, 0.25) is 5.91 Å². The second-order valence-electron chi connectivity index (χ2n) is 4.99. The molecule has 114 valence electrons. The lowest BCUT2D eigenvalue weighted by Gasteiger charge is -2.22. The van der Waals surface area contributed by atoms with Crippen LogP contribution in [0.2, 0.25) is 0 Å².